The van der Waals surface area contributed by atoms with Gasteiger partial charge in [0.2, 0.25) is 5.91 Å². The fourth-order valence-electron chi connectivity index (χ4n) is 2.88. The maximum absolute atomic E-state index is 11.9. The normalized spacial score (nSPS) is 15.6. The van der Waals surface area contributed by atoms with Crippen LogP contribution in [0.1, 0.15) is 44.7 Å². The summed E-state index contributed by atoms with van der Waals surface area (Å²) in [5, 5.41) is 0. The van der Waals surface area contributed by atoms with Gasteiger partial charge in [0, 0.05) is 23.5 Å². The highest BCUT2D eigenvalue weighted by Gasteiger charge is 2.23. The molecular weight excluding hydrogens is 314 g/mol. The van der Waals surface area contributed by atoms with Gasteiger partial charge in [0.15, 0.2) is 0 Å². The van der Waals surface area contributed by atoms with E-state index in [0.717, 1.165) is 25.1 Å². The van der Waals surface area contributed by atoms with Crippen LogP contribution in [0.25, 0.3) is 0 Å². The van der Waals surface area contributed by atoms with Crippen molar-refractivity contribution in [2.75, 3.05) is 11.4 Å². The fraction of sp³-hybridized carbons (Fsp3) is 0.588. The molecule has 110 valence electrons. The van der Waals surface area contributed by atoms with Gasteiger partial charge in [-0.3, -0.25) is 4.79 Å². The minimum atomic E-state index is 0.231. The van der Waals surface area contributed by atoms with Crippen LogP contribution in [-0.4, -0.2) is 17.3 Å². The lowest BCUT2D eigenvalue weighted by molar-refractivity contribution is -0.118. The highest BCUT2D eigenvalue weighted by molar-refractivity contribution is 9.09. The smallest absolute Gasteiger partial charge is 0.226 e. The van der Waals surface area contributed by atoms with Crippen molar-refractivity contribution in [1.29, 1.82) is 0 Å². The summed E-state index contributed by atoms with van der Waals surface area (Å²) in [5.74, 6) is 0.946. The van der Waals surface area contributed by atoms with Gasteiger partial charge in [-0.15, -0.1) is 0 Å². The summed E-state index contributed by atoms with van der Waals surface area (Å²) in [6, 6.07) is 6.59. The first kappa shape index (κ1) is 15.6. The fourth-order valence-corrected chi connectivity index (χ4v) is 4.00. The number of benzene rings is 1. The second-order valence-electron chi connectivity index (χ2n) is 6.04. The summed E-state index contributed by atoms with van der Waals surface area (Å²) in [4.78, 5) is 14.3. The molecular formula is C17H24BrNO. The largest absolute Gasteiger partial charge is 0.312 e. The highest BCUT2D eigenvalue weighted by atomic mass is 79.9. The first-order valence-electron chi connectivity index (χ1n) is 7.57. The predicted molar refractivity (Wildman–Crippen MR) is 88.7 cm³/mol. The Kier molecular flexibility index (Phi) is 5.25. The molecule has 2 nitrogen and oxygen atoms in total. The average Bonchev–Trinajstić information content (AvgIpc) is 2.79. The van der Waals surface area contributed by atoms with Crippen molar-refractivity contribution in [1.82, 2.24) is 0 Å². The summed E-state index contributed by atoms with van der Waals surface area (Å²) < 4.78 is 0. The first-order chi connectivity index (χ1) is 9.51. The van der Waals surface area contributed by atoms with Crippen LogP contribution in [-0.2, 0) is 17.6 Å². The topological polar surface area (TPSA) is 20.3 Å². The molecule has 1 aliphatic rings. The number of halogens is 1. The van der Waals surface area contributed by atoms with Gasteiger partial charge in [-0.05, 0) is 42.4 Å². The van der Waals surface area contributed by atoms with E-state index in [1.807, 2.05) is 11.8 Å². The molecule has 0 spiro atoms. The monoisotopic (exact) mass is 337 g/mol. The molecule has 0 saturated heterocycles. The van der Waals surface area contributed by atoms with Gasteiger partial charge in [0.25, 0.3) is 0 Å². The van der Waals surface area contributed by atoms with Gasteiger partial charge in [0.05, 0.1) is 0 Å². The molecule has 1 aromatic carbocycles. The molecule has 0 aliphatic carbocycles. The van der Waals surface area contributed by atoms with E-state index in [4.69, 9.17) is 0 Å². The van der Waals surface area contributed by atoms with Crippen molar-refractivity contribution in [3.8, 4) is 0 Å². The van der Waals surface area contributed by atoms with Gasteiger partial charge in [0.1, 0.15) is 0 Å². The number of nitrogens with zero attached hydrogens (tertiary/aromatic N) is 1. The molecule has 0 N–H and O–H groups in total. The van der Waals surface area contributed by atoms with Crippen LogP contribution in [0, 0.1) is 5.92 Å². The van der Waals surface area contributed by atoms with Crippen molar-refractivity contribution >= 4 is 27.5 Å². The minimum absolute atomic E-state index is 0.231. The Labute approximate surface area is 130 Å². The Hall–Kier alpha value is -0.830. The van der Waals surface area contributed by atoms with Crippen molar-refractivity contribution in [3.63, 3.8) is 0 Å². The molecule has 1 heterocycles. The van der Waals surface area contributed by atoms with Gasteiger partial charge in [-0.2, -0.15) is 0 Å². The third-order valence-corrected chi connectivity index (χ3v) is 4.52. The van der Waals surface area contributed by atoms with Crippen LogP contribution in [0.2, 0.25) is 0 Å². The van der Waals surface area contributed by atoms with E-state index < -0.39 is 0 Å². The van der Waals surface area contributed by atoms with Crippen molar-refractivity contribution in [2.45, 2.75) is 51.3 Å². The number of alkyl halides is 1. The lowest BCUT2D eigenvalue weighted by atomic mass is 10.0. The molecule has 1 amide bonds. The molecule has 20 heavy (non-hydrogen) atoms. The lowest BCUT2D eigenvalue weighted by Gasteiger charge is -2.17. The number of hydrogen-bond acceptors (Lipinski definition) is 1. The van der Waals surface area contributed by atoms with Gasteiger partial charge in [-0.25, -0.2) is 0 Å². The van der Waals surface area contributed by atoms with Crippen molar-refractivity contribution < 1.29 is 4.79 Å². The molecule has 0 saturated carbocycles. The van der Waals surface area contributed by atoms with E-state index in [0.29, 0.717) is 17.2 Å². The molecule has 3 heteroatoms. The Morgan fingerprint density at radius 3 is 2.80 bits per heavy atom. The van der Waals surface area contributed by atoms with Crippen LogP contribution in [0.15, 0.2) is 18.2 Å². The third kappa shape index (κ3) is 3.63. The maximum Gasteiger partial charge on any atom is 0.226 e. The third-order valence-electron chi connectivity index (χ3n) is 3.83. The van der Waals surface area contributed by atoms with Gasteiger partial charge < -0.3 is 4.90 Å². The summed E-state index contributed by atoms with van der Waals surface area (Å²) in [6.45, 7) is 7.28. The zero-order valence-electron chi connectivity index (χ0n) is 12.7. The number of fused-ring (bicyclic) bond motifs is 1. The number of carbonyl (C=O) groups excluding carboxylic acids is 1. The molecule has 1 aromatic rings. The summed E-state index contributed by atoms with van der Waals surface area (Å²) >= 11 is 3.78. The van der Waals surface area contributed by atoms with Crippen LogP contribution in [0.3, 0.4) is 0 Å². The van der Waals surface area contributed by atoms with Crippen molar-refractivity contribution in [3.05, 3.63) is 29.3 Å². The lowest BCUT2D eigenvalue weighted by Crippen LogP contribution is -2.27. The molecule has 0 radical (unpaired) electrons. The second kappa shape index (κ2) is 6.75. The number of rotatable bonds is 5. The summed E-state index contributed by atoms with van der Waals surface area (Å²) in [6.07, 6.45) is 3.83. The standard InChI is InChI=1S/C17H24BrNO/c1-4-17(20)19-8-7-14-10-13(5-6-16(14)19)11-15(18)9-12(2)3/h5-6,10,12,15H,4,7-9,11H2,1-3H3. The number of amides is 1. The van der Waals surface area contributed by atoms with Crippen LogP contribution >= 0.6 is 15.9 Å². The Morgan fingerprint density at radius 2 is 2.15 bits per heavy atom. The van der Waals surface area contributed by atoms with Gasteiger partial charge >= 0.3 is 0 Å². The maximum atomic E-state index is 11.9. The zero-order valence-corrected chi connectivity index (χ0v) is 14.2. The molecule has 1 atom stereocenters. The number of anilines is 1. The summed E-state index contributed by atoms with van der Waals surface area (Å²) in [5.41, 5.74) is 3.82. The van der Waals surface area contributed by atoms with Crippen LogP contribution < -0.4 is 4.90 Å². The number of hydrogen-bond donors (Lipinski definition) is 0. The van der Waals surface area contributed by atoms with E-state index in [2.05, 4.69) is 48.0 Å². The number of carbonyl (C=O) groups is 1. The zero-order chi connectivity index (χ0) is 14.7. The molecule has 2 rings (SSSR count). The molecule has 0 bridgehead atoms. The Morgan fingerprint density at radius 1 is 1.40 bits per heavy atom. The SMILES string of the molecule is CCC(=O)N1CCc2cc(CC(Br)CC(C)C)ccc21. The van der Waals surface area contributed by atoms with Crippen molar-refractivity contribution in [2.24, 2.45) is 5.92 Å². The van der Waals surface area contributed by atoms with E-state index in [1.165, 1.54) is 17.5 Å². The first-order valence-corrected chi connectivity index (χ1v) is 8.49. The summed E-state index contributed by atoms with van der Waals surface area (Å²) in [7, 11) is 0. The minimum Gasteiger partial charge on any atom is -0.312 e. The van der Waals surface area contributed by atoms with Gasteiger partial charge in [-0.1, -0.05) is 48.8 Å². The highest BCUT2D eigenvalue weighted by Crippen LogP contribution is 2.30. The molecule has 1 unspecified atom stereocenters. The molecule has 0 fully saturated rings. The van der Waals surface area contributed by atoms with E-state index in [-0.39, 0.29) is 5.91 Å². The average molecular weight is 338 g/mol. The second-order valence-corrected chi connectivity index (χ2v) is 7.34. The predicted octanol–water partition coefficient (Wildman–Crippen LogP) is 4.34. The molecule has 1 aliphatic heterocycles. The Bertz CT molecular complexity index is 484. The van der Waals surface area contributed by atoms with E-state index in [9.17, 15) is 4.79 Å². The van der Waals surface area contributed by atoms with E-state index in [1.54, 1.807) is 0 Å². The quantitative estimate of drug-likeness (QED) is 0.732. The Balaban J connectivity index is 2.08. The van der Waals surface area contributed by atoms with E-state index >= 15 is 0 Å². The van der Waals surface area contributed by atoms with Crippen LogP contribution in [0.5, 0.6) is 0 Å². The molecule has 0 aromatic heterocycles. The van der Waals surface area contributed by atoms with Crippen LogP contribution in [0.4, 0.5) is 5.69 Å².